The first kappa shape index (κ1) is 27.0. The van der Waals surface area contributed by atoms with Crippen LogP contribution in [-0.4, -0.2) is 49.5 Å². The number of esters is 1. The molecule has 1 aromatic heterocycles. The van der Waals surface area contributed by atoms with Crippen molar-refractivity contribution >= 4 is 17.0 Å². The number of carbonyl (C=O) groups is 1. The Hall–Kier alpha value is -4.59. The molecule has 0 aliphatic heterocycles. The lowest BCUT2D eigenvalue weighted by molar-refractivity contribution is 0.0544. The zero-order valence-electron chi connectivity index (χ0n) is 22.5. The van der Waals surface area contributed by atoms with E-state index in [1.165, 1.54) is 0 Å². The number of fused-ring (bicyclic) bond motifs is 1. The first-order chi connectivity index (χ1) is 19.6. The lowest BCUT2D eigenvalue weighted by Gasteiger charge is -2.13. The zero-order chi connectivity index (χ0) is 27.7. The van der Waals surface area contributed by atoms with E-state index >= 15 is 0 Å². The van der Waals surface area contributed by atoms with E-state index in [1.54, 1.807) is 37.4 Å². The molecule has 0 bridgehead atoms. The summed E-state index contributed by atoms with van der Waals surface area (Å²) in [5.41, 5.74) is 6.18. The summed E-state index contributed by atoms with van der Waals surface area (Å²) in [5, 5.41) is 0. The fourth-order valence-electron chi connectivity index (χ4n) is 4.23. The van der Waals surface area contributed by atoms with Crippen LogP contribution in [0.4, 0.5) is 0 Å². The van der Waals surface area contributed by atoms with Crippen LogP contribution in [0.5, 0.6) is 11.5 Å². The summed E-state index contributed by atoms with van der Waals surface area (Å²) in [6, 6.07) is 30.1. The van der Waals surface area contributed by atoms with E-state index < -0.39 is 5.97 Å². The number of ether oxygens (including phenoxy) is 4. The molecule has 0 aliphatic carbocycles. The molecule has 7 nitrogen and oxygen atoms in total. The van der Waals surface area contributed by atoms with Gasteiger partial charge in [0, 0.05) is 24.3 Å². The molecule has 0 unspecified atom stereocenters. The summed E-state index contributed by atoms with van der Waals surface area (Å²) in [5.74, 6) is 0.702. The first-order valence-corrected chi connectivity index (χ1v) is 13.1. The van der Waals surface area contributed by atoms with Gasteiger partial charge in [0.1, 0.15) is 18.1 Å². The number of nitrogens with zero attached hydrogens (tertiary/aromatic N) is 2. The Morgan fingerprint density at radius 2 is 1.40 bits per heavy atom. The Morgan fingerprint density at radius 1 is 0.675 bits per heavy atom. The lowest BCUT2D eigenvalue weighted by Crippen LogP contribution is -2.10. The predicted molar refractivity (Wildman–Crippen MR) is 155 cm³/mol. The number of hydrogen-bond donors (Lipinski definition) is 0. The number of carbonyl (C=O) groups excluding carboxylic acids is 1. The van der Waals surface area contributed by atoms with Gasteiger partial charge in [-0.15, -0.1) is 0 Å². The second kappa shape index (κ2) is 13.0. The number of rotatable bonds is 11. The van der Waals surface area contributed by atoms with Crippen molar-refractivity contribution in [2.24, 2.45) is 0 Å². The zero-order valence-corrected chi connectivity index (χ0v) is 22.5. The predicted octanol–water partition coefficient (Wildman–Crippen LogP) is 6.53. The number of benzene rings is 4. The lowest BCUT2D eigenvalue weighted by atomic mass is 10.0. The van der Waals surface area contributed by atoms with Gasteiger partial charge < -0.3 is 18.9 Å². The molecule has 0 saturated carbocycles. The van der Waals surface area contributed by atoms with Gasteiger partial charge in [0.05, 0.1) is 47.8 Å². The molecule has 7 heteroatoms. The van der Waals surface area contributed by atoms with E-state index in [0.29, 0.717) is 54.7 Å². The Bertz CT molecular complexity index is 1600. The number of aryl methyl sites for hydroxylation is 1. The van der Waals surface area contributed by atoms with Gasteiger partial charge in [-0.1, -0.05) is 54.1 Å². The van der Waals surface area contributed by atoms with Gasteiger partial charge in [0.2, 0.25) is 0 Å². The van der Waals surface area contributed by atoms with E-state index in [2.05, 4.69) is 6.07 Å². The topological polar surface area (TPSA) is 79.8 Å². The average molecular weight is 535 g/mol. The van der Waals surface area contributed by atoms with E-state index in [1.807, 2.05) is 67.6 Å². The van der Waals surface area contributed by atoms with E-state index in [9.17, 15) is 4.79 Å². The Morgan fingerprint density at radius 3 is 2.17 bits per heavy atom. The fraction of sp³-hybridized carbons (Fsp3) is 0.182. The van der Waals surface area contributed by atoms with Crippen LogP contribution in [0.2, 0.25) is 0 Å². The molecule has 40 heavy (non-hydrogen) atoms. The van der Waals surface area contributed by atoms with E-state index in [4.69, 9.17) is 28.9 Å². The molecule has 0 atom stereocenters. The van der Waals surface area contributed by atoms with Gasteiger partial charge >= 0.3 is 5.97 Å². The standard InChI is InChI=1S/C33H30N2O5/c1-23-8-6-11-25(20-23)31-32(26-12-7-13-28(21-26)40-33(36)24-9-4-3-5-10-24)34-29-15-14-27(22-30(29)35-31)39-19-18-38-17-16-37-2/h3-15,20-22H,16-19H2,1-2H3. The highest BCUT2D eigenvalue weighted by molar-refractivity contribution is 5.91. The van der Waals surface area contributed by atoms with Crippen molar-refractivity contribution in [1.29, 1.82) is 0 Å². The third kappa shape index (κ3) is 6.69. The molecule has 0 aliphatic rings. The molecular weight excluding hydrogens is 504 g/mol. The van der Waals surface area contributed by atoms with Crippen molar-refractivity contribution in [2.75, 3.05) is 33.5 Å². The normalized spacial score (nSPS) is 10.9. The molecule has 0 radical (unpaired) electrons. The van der Waals surface area contributed by atoms with Crippen LogP contribution < -0.4 is 9.47 Å². The van der Waals surface area contributed by atoms with Crippen LogP contribution in [0, 0.1) is 6.92 Å². The molecule has 5 aromatic rings. The third-order valence-electron chi connectivity index (χ3n) is 6.18. The van der Waals surface area contributed by atoms with Crippen molar-refractivity contribution in [3.63, 3.8) is 0 Å². The Kier molecular flexibility index (Phi) is 8.76. The van der Waals surface area contributed by atoms with Crippen LogP contribution >= 0.6 is 0 Å². The summed E-state index contributed by atoms with van der Waals surface area (Å²) in [7, 11) is 1.64. The maximum Gasteiger partial charge on any atom is 0.343 e. The highest BCUT2D eigenvalue weighted by atomic mass is 16.5. The van der Waals surface area contributed by atoms with Gasteiger partial charge in [0.25, 0.3) is 0 Å². The van der Waals surface area contributed by atoms with Gasteiger partial charge in [-0.3, -0.25) is 0 Å². The molecule has 0 amide bonds. The van der Waals surface area contributed by atoms with Crippen molar-refractivity contribution in [3.05, 3.63) is 108 Å². The summed E-state index contributed by atoms with van der Waals surface area (Å²) in [4.78, 5) is 22.7. The van der Waals surface area contributed by atoms with Crippen molar-refractivity contribution in [1.82, 2.24) is 9.97 Å². The average Bonchev–Trinajstić information content (AvgIpc) is 2.99. The SMILES string of the molecule is COCCOCCOc1ccc2nc(-c3cccc(OC(=O)c4ccccc4)c3)c(-c3cccc(C)c3)nc2c1. The Labute approximate surface area is 233 Å². The fourth-order valence-corrected chi connectivity index (χ4v) is 4.23. The third-order valence-corrected chi connectivity index (χ3v) is 6.18. The van der Waals surface area contributed by atoms with Gasteiger partial charge in [-0.25, -0.2) is 14.8 Å². The number of hydrogen-bond acceptors (Lipinski definition) is 7. The quantitative estimate of drug-likeness (QED) is 0.108. The summed E-state index contributed by atoms with van der Waals surface area (Å²) in [6.45, 7) is 4.00. The second-order valence-corrected chi connectivity index (χ2v) is 9.18. The van der Waals surface area contributed by atoms with Crippen molar-refractivity contribution in [2.45, 2.75) is 6.92 Å². The minimum Gasteiger partial charge on any atom is -0.491 e. The van der Waals surface area contributed by atoms with Crippen molar-refractivity contribution in [3.8, 4) is 34.0 Å². The molecule has 202 valence electrons. The minimum absolute atomic E-state index is 0.417. The van der Waals surface area contributed by atoms with Crippen LogP contribution in [0.1, 0.15) is 15.9 Å². The molecule has 1 heterocycles. The molecule has 0 N–H and O–H groups in total. The monoisotopic (exact) mass is 534 g/mol. The molecule has 4 aromatic carbocycles. The largest absolute Gasteiger partial charge is 0.491 e. The molecule has 0 spiro atoms. The summed E-state index contributed by atoms with van der Waals surface area (Å²) >= 11 is 0. The van der Waals surface area contributed by atoms with Gasteiger partial charge in [-0.05, 0) is 49.4 Å². The first-order valence-electron chi connectivity index (χ1n) is 13.1. The molecule has 5 rings (SSSR count). The van der Waals surface area contributed by atoms with Crippen LogP contribution in [0.3, 0.4) is 0 Å². The van der Waals surface area contributed by atoms with E-state index in [-0.39, 0.29) is 0 Å². The highest BCUT2D eigenvalue weighted by Crippen LogP contribution is 2.34. The van der Waals surface area contributed by atoms with E-state index in [0.717, 1.165) is 27.9 Å². The maximum atomic E-state index is 12.7. The highest BCUT2D eigenvalue weighted by Gasteiger charge is 2.16. The smallest absolute Gasteiger partial charge is 0.343 e. The van der Waals surface area contributed by atoms with Crippen LogP contribution in [-0.2, 0) is 9.47 Å². The second-order valence-electron chi connectivity index (χ2n) is 9.18. The number of methoxy groups -OCH3 is 1. The van der Waals surface area contributed by atoms with Crippen molar-refractivity contribution < 1.29 is 23.7 Å². The van der Waals surface area contributed by atoms with Crippen LogP contribution in [0.25, 0.3) is 33.5 Å². The maximum absolute atomic E-state index is 12.7. The summed E-state index contributed by atoms with van der Waals surface area (Å²) < 4.78 is 22.0. The van der Waals surface area contributed by atoms with Crippen LogP contribution in [0.15, 0.2) is 97.1 Å². The number of aromatic nitrogens is 2. The summed E-state index contributed by atoms with van der Waals surface area (Å²) in [6.07, 6.45) is 0. The van der Waals surface area contributed by atoms with Gasteiger partial charge in [0.15, 0.2) is 0 Å². The molecule has 0 fully saturated rings. The van der Waals surface area contributed by atoms with Gasteiger partial charge in [-0.2, -0.15) is 0 Å². The minimum atomic E-state index is -0.419. The Balaban J connectivity index is 1.47. The molecular formula is C33H30N2O5. The molecule has 0 saturated heterocycles.